The molecule has 0 radical (unpaired) electrons. The Kier molecular flexibility index (Phi) is 23.1. The van der Waals surface area contributed by atoms with Crippen LogP contribution in [0, 0.1) is 5.92 Å². The number of unbranched alkanes of at least 4 members (excludes halogenated alkanes) is 15. The van der Waals surface area contributed by atoms with E-state index < -0.39 is 0 Å². The second-order valence-electron chi connectivity index (χ2n) is 15.7. The number of aromatic nitrogens is 3. The molecule has 1 aromatic rings. The zero-order valence-electron chi connectivity index (χ0n) is 32.6. The summed E-state index contributed by atoms with van der Waals surface area (Å²) < 4.78 is 11.9. The smallest absolute Gasteiger partial charge is 0.229 e. The van der Waals surface area contributed by atoms with E-state index in [9.17, 15) is 5.11 Å². The van der Waals surface area contributed by atoms with E-state index in [1.165, 1.54) is 96.3 Å². The molecule has 1 aliphatic rings. The number of nitrogens with zero attached hydrogens (tertiary/aromatic N) is 3. The van der Waals surface area contributed by atoms with Gasteiger partial charge in [0, 0.05) is 51.0 Å². The largest absolute Gasteiger partial charge is 0.395 e. The minimum atomic E-state index is 0.00636. The van der Waals surface area contributed by atoms with E-state index in [0.717, 1.165) is 51.9 Å². The Morgan fingerprint density at radius 3 is 1.55 bits per heavy atom. The molecule has 10 heteroatoms. The first-order chi connectivity index (χ1) is 23.7. The van der Waals surface area contributed by atoms with Gasteiger partial charge < -0.3 is 35.8 Å². The number of aliphatic hydroxyl groups is 1. The highest BCUT2D eigenvalue weighted by molar-refractivity contribution is 5.42. The van der Waals surface area contributed by atoms with E-state index in [2.05, 4.69) is 70.8 Å². The van der Waals surface area contributed by atoms with Crippen molar-refractivity contribution in [1.29, 1.82) is 0 Å². The topological polar surface area (TPSA) is 125 Å². The number of rotatable bonds is 31. The Balaban J connectivity index is 1.56. The van der Waals surface area contributed by atoms with Gasteiger partial charge in [0.15, 0.2) is 0 Å². The number of piperidine rings is 1. The first-order valence-electron chi connectivity index (χ1n) is 20.2. The average Bonchev–Trinajstić information content (AvgIpc) is 3.05. The van der Waals surface area contributed by atoms with Crippen molar-refractivity contribution in [2.75, 3.05) is 62.5 Å². The van der Waals surface area contributed by atoms with Gasteiger partial charge in [0.05, 0.1) is 12.7 Å². The molecule has 1 atom stereocenters. The molecular formula is C39H77N7O3. The zero-order chi connectivity index (χ0) is 35.6. The van der Waals surface area contributed by atoms with Crippen LogP contribution in [0.5, 0.6) is 0 Å². The lowest BCUT2D eigenvalue weighted by molar-refractivity contribution is -0.00438. The molecule has 10 nitrogen and oxygen atoms in total. The Labute approximate surface area is 300 Å². The third-order valence-electron chi connectivity index (χ3n) is 9.68. The van der Waals surface area contributed by atoms with Crippen LogP contribution < -0.4 is 21.3 Å². The van der Waals surface area contributed by atoms with Crippen LogP contribution in [0.15, 0.2) is 0 Å². The molecule has 2 rings (SSSR count). The van der Waals surface area contributed by atoms with Crippen molar-refractivity contribution in [3.8, 4) is 0 Å². The molecule has 2 heterocycles. The molecule has 5 N–H and O–H groups in total. The Bertz CT molecular complexity index is 933. The molecule has 0 aromatic carbocycles. The second-order valence-corrected chi connectivity index (χ2v) is 15.7. The molecule has 0 bridgehead atoms. The standard InChI is InChI=1S/C39H77N7O3/c1-7-8-9-10-11-12-13-14-15-16-17-18-19-20-21-22-29-49-30-23-25-40-35-43-36(45-37(44-35)42-27-28-47)41-26-24-34(48-6)33-31-38(2,3)46-39(4,5)32-33/h33-34,46-47H,7-32H2,1-6H3,(H3,40,41,42,43,44,45). The summed E-state index contributed by atoms with van der Waals surface area (Å²) in [6.45, 7) is 14.8. The molecule has 1 aliphatic heterocycles. The molecule has 286 valence electrons. The van der Waals surface area contributed by atoms with E-state index in [4.69, 9.17) is 9.47 Å². The van der Waals surface area contributed by atoms with Gasteiger partial charge in [0.25, 0.3) is 0 Å². The Morgan fingerprint density at radius 2 is 1.08 bits per heavy atom. The number of hydrogen-bond donors (Lipinski definition) is 5. The number of anilines is 3. The van der Waals surface area contributed by atoms with E-state index in [0.29, 0.717) is 36.9 Å². The summed E-state index contributed by atoms with van der Waals surface area (Å²) >= 11 is 0. The normalized spacial score (nSPS) is 16.5. The van der Waals surface area contributed by atoms with Crippen molar-refractivity contribution in [3.05, 3.63) is 0 Å². The van der Waals surface area contributed by atoms with Crippen LogP contribution in [0.2, 0.25) is 0 Å². The number of ether oxygens (including phenoxy) is 2. The number of methoxy groups -OCH3 is 1. The highest BCUT2D eigenvalue weighted by atomic mass is 16.5. The maximum atomic E-state index is 9.28. The highest BCUT2D eigenvalue weighted by Crippen LogP contribution is 2.36. The predicted molar refractivity (Wildman–Crippen MR) is 207 cm³/mol. The molecule has 0 saturated carbocycles. The quantitative estimate of drug-likeness (QED) is 0.0483. The molecule has 1 fully saturated rings. The summed E-state index contributed by atoms with van der Waals surface area (Å²) in [5.74, 6) is 1.94. The summed E-state index contributed by atoms with van der Waals surface area (Å²) in [6.07, 6.45) is 26.2. The van der Waals surface area contributed by atoms with Gasteiger partial charge in [-0.2, -0.15) is 15.0 Å². The number of nitrogens with one attached hydrogen (secondary N) is 4. The van der Waals surface area contributed by atoms with Crippen molar-refractivity contribution < 1.29 is 14.6 Å². The van der Waals surface area contributed by atoms with Crippen LogP contribution in [0.1, 0.15) is 163 Å². The van der Waals surface area contributed by atoms with Crippen molar-refractivity contribution >= 4 is 17.8 Å². The fraction of sp³-hybridized carbons (Fsp3) is 0.923. The summed E-state index contributed by atoms with van der Waals surface area (Å²) in [7, 11) is 1.82. The van der Waals surface area contributed by atoms with Crippen LogP contribution >= 0.6 is 0 Å². The fourth-order valence-electron chi connectivity index (χ4n) is 7.55. The summed E-state index contributed by atoms with van der Waals surface area (Å²) in [6, 6.07) is 0. The predicted octanol–water partition coefficient (Wildman–Crippen LogP) is 8.73. The lowest BCUT2D eigenvalue weighted by Crippen LogP contribution is -2.59. The molecule has 49 heavy (non-hydrogen) atoms. The van der Waals surface area contributed by atoms with Gasteiger partial charge in [0.1, 0.15) is 0 Å². The number of hydrogen-bond acceptors (Lipinski definition) is 10. The zero-order valence-corrected chi connectivity index (χ0v) is 32.6. The van der Waals surface area contributed by atoms with Crippen LogP contribution in [0.3, 0.4) is 0 Å². The second kappa shape index (κ2) is 26.1. The lowest BCUT2D eigenvalue weighted by atomic mass is 9.73. The molecule has 1 unspecified atom stereocenters. The molecule has 1 aromatic heterocycles. The van der Waals surface area contributed by atoms with Gasteiger partial charge in [-0.1, -0.05) is 103 Å². The van der Waals surface area contributed by atoms with Crippen LogP contribution in [-0.4, -0.2) is 83.8 Å². The van der Waals surface area contributed by atoms with Crippen LogP contribution in [0.4, 0.5) is 17.8 Å². The van der Waals surface area contributed by atoms with Gasteiger partial charge >= 0.3 is 0 Å². The Morgan fingerprint density at radius 1 is 0.653 bits per heavy atom. The van der Waals surface area contributed by atoms with Crippen molar-refractivity contribution in [2.24, 2.45) is 5.92 Å². The monoisotopic (exact) mass is 692 g/mol. The maximum Gasteiger partial charge on any atom is 0.229 e. The van der Waals surface area contributed by atoms with Crippen LogP contribution in [0.25, 0.3) is 0 Å². The Hall–Kier alpha value is -1.75. The molecule has 0 spiro atoms. The first-order valence-corrected chi connectivity index (χ1v) is 20.2. The molecule has 1 saturated heterocycles. The third kappa shape index (κ3) is 21.3. The van der Waals surface area contributed by atoms with Gasteiger partial charge in [-0.05, 0) is 65.7 Å². The minimum absolute atomic E-state index is 0.00636. The summed E-state index contributed by atoms with van der Waals surface area (Å²) in [4.78, 5) is 13.6. The van der Waals surface area contributed by atoms with E-state index in [-0.39, 0.29) is 23.8 Å². The highest BCUT2D eigenvalue weighted by Gasteiger charge is 2.40. The van der Waals surface area contributed by atoms with Crippen LogP contribution in [-0.2, 0) is 9.47 Å². The summed E-state index contributed by atoms with van der Waals surface area (Å²) in [5, 5.41) is 22.8. The van der Waals surface area contributed by atoms with Gasteiger partial charge in [-0.25, -0.2) is 0 Å². The minimum Gasteiger partial charge on any atom is -0.395 e. The van der Waals surface area contributed by atoms with Gasteiger partial charge in [-0.15, -0.1) is 0 Å². The van der Waals surface area contributed by atoms with E-state index in [1.54, 1.807) is 0 Å². The molecule has 0 amide bonds. The lowest BCUT2D eigenvalue weighted by Gasteiger charge is -2.48. The fourth-order valence-corrected chi connectivity index (χ4v) is 7.55. The summed E-state index contributed by atoms with van der Waals surface area (Å²) in [5.41, 5.74) is 0.157. The number of aliphatic hydroxyl groups excluding tert-OH is 1. The van der Waals surface area contributed by atoms with Crippen molar-refractivity contribution in [3.63, 3.8) is 0 Å². The SMILES string of the molecule is CCCCCCCCCCCCCCCCCCOCCCNc1nc(NCCO)nc(NCCC(OC)C2CC(C)(C)NC(C)(C)C2)n1. The van der Waals surface area contributed by atoms with Crippen molar-refractivity contribution in [1.82, 2.24) is 20.3 Å². The third-order valence-corrected chi connectivity index (χ3v) is 9.68. The van der Waals surface area contributed by atoms with E-state index in [1.807, 2.05) is 7.11 Å². The van der Waals surface area contributed by atoms with Crippen molar-refractivity contribution in [2.45, 2.75) is 180 Å². The average molecular weight is 692 g/mol. The van der Waals surface area contributed by atoms with Gasteiger partial charge in [0.2, 0.25) is 17.8 Å². The van der Waals surface area contributed by atoms with Gasteiger partial charge in [-0.3, -0.25) is 0 Å². The van der Waals surface area contributed by atoms with E-state index >= 15 is 0 Å². The molecule has 0 aliphatic carbocycles. The molecular weight excluding hydrogens is 614 g/mol. The maximum absolute atomic E-state index is 9.28. The first kappa shape index (κ1) is 43.4.